The highest BCUT2D eigenvalue weighted by Crippen LogP contribution is 2.60. The van der Waals surface area contributed by atoms with Gasteiger partial charge in [-0.1, -0.05) is 105 Å². The molecule has 0 N–H and O–H groups in total. The van der Waals surface area contributed by atoms with E-state index in [1.807, 2.05) is 130 Å². The Morgan fingerprint density at radius 1 is 0.477 bits per heavy atom. The molecule has 65 heavy (non-hydrogen) atoms. The van der Waals surface area contributed by atoms with Crippen molar-refractivity contribution in [2.24, 2.45) is 40.9 Å². The third kappa shape index (κ3) is 13.1. The standard InChI is InChI=1S/C21H28O2.C20H26O2.C18H20O2/c1-3-16-4-6-20(7-5-16)23-15(2)22-14-21-11-17-8-18(12-21)10-19(9-17)13-21;1-3-15-4-6-19(7-5-15)21-14(2)22-20-11-16-8-17(12-20)10-18(9-16)13-20;1-3-16-9-11-18(12-10-16)20-15(2)19-14-13-17-7-5-4-6-8-17/h3-7,15,17-19H,1,8-14H2,2H3;3-7,14,16-18H,1,8-13H2,2H3;3-12,15H,1,13-14H2,2H3. The number of rotatable bonds is 18. The maximum atomic E-state index is 6.47. The first-order chi connectivity index (χ1) is 31.6. The molecule has 3 atom stereocenters. The Balaban J connectivity index is 0.000000133. The molecular weight excluding hydrogens is 805 g/mol. The molecule has 4 aromatic rings. The van der Waals surface area contributed by atoms with Crippen LogP contribution < -0.4 is 14.2 Å². The highest BCUT2D eigenvalue weighted by atomic mass is 16.7. The second kappa shape index (κ2) is 21.8. The topological polar surface area (TPSA) is 55.4 Å². The van der Waals surface area contributed by atoms with Gasteiger partial charge in [0.2, 0.25) is 0 Å². The first kappa shape index (κ1) is 46.9. The molecule has 0 amide bonds. The van der Waals surface area contributed by atoms with Gasteiger partial charge in [0.25, 0.3) is 0 Å². The van der Waals surface area contributed by atoms with Crippen LogP contribution in [0.2, 0.25) is 0 Å². The van der Waals surface area contributed by atoms with Crippen LogP contribution >= 0.6 is 0 Å². The van der Waals surface area contributed by atoms with Crippen LogP contribution in [0.15, 0.2) is 123 Å². The van der Waals surface area contributed by atoms with Crippen molar-refractivity contribution in [2.45, 2.75) is 129 Å². The molecule has 8 bridgehead atoms. The van der Waals surface area contributed by atoms with Crippen molar-refractivity contribution in [3.63, 3.8) is 0 Å². The van der Waals surface area contributed by atoms with Gasteiger partial charge in [-0.2, -0.15) is 0 Å². The Bertz CT molecular complexity index is 2040. The lowest BCUT2D eigenvalue weighted by atomic mass is 9.50. The van der Waals surface area contributed by atoms with Gasteiger partial charge in [-0.3, -0.25) is 0 Å². The fourth-order valence-electron chi connectivity index (χ4n) is 13.0. The van der Waals surface area contributed by atoms with Crippen molar-refractivity contribution in [1.29, 1.82) is 0 Å². The van der Waals surface area contributed by atoms with Gasteiger partial charge in [-0.05, 0) is 204 Å². The third-order valence-electron chi connectivity index (χ3n) is 15.0. The van der Waals surface area contributed by atoms with E-state index in [1.54, 1.807) is 0 Å². The van der Waals surface area contributed by atoms with Gasteiger partial charge >= 0.3 is 0 Å². The molecule has 0 aromatic heterocycles. The number of ether oxygens (including phenoxy) is 6. The lowest BCUT2D eigenvalue weighted by Crippen LogP contribution is -2.53. The maximum Gasteiger partial charge on any atom is 0.197 e. The van der Waals surface area contributed by atoms with Crippen LogP contribution in [0.25, 0.3) is 18.2 Å². The number of benzene rings is 4. The van der Waals surface area contributed by atoms with E-state index in [4.69, 9.17) is 28.4 Å². The van der Waals surface area contributed by atoms with Gasteiger partial charge < -0.3 is 28.4 Å². The normalized spacial score (nSPS) is 28.9. The molecular formula is C59H74O6. The smallest absolute Gasteiger partial charge is 0.197 e. The molecule has 3 unspecified atom stereocenters. The van der Waals surface area contributed by atoms with Crippen LogP contribution in [-0.2, 0) is 20.6 Å². The van der Waals surface area contributed by atoms with Crippen LogP contribution in [0.3, 0.4) is 0 Å². The lowest BCUT2D eigenvalue weighted by molar-refractivity contribution is -0.225. The predicted molar refractivity (Wildman–Crippen MR) is 265 cm³/mol. The molecule has 0 radical (unpaired) electrons. The van der Waals surface area contributed by atoms with Crippen LogP contribution in [-0.4, -0.2) is 37.7 Å². The van der Waals surface area contributed by atoms with Gasteiger partial charge in [-0.15, -0.1) is 0 Å². The molecule has 0 saturated heterocycles. The van der Waals surface area contributed by atoms with Gasteiger partial charge in [0.05, 0.1) is 18.8 Å². The fourth-order valence-corrected chi connectivity index (χ4v) is 13.0. The first-order valence-electron chi connectivity index (χ1n) is 24.7. The van der Waals surface area contributed by atoms with Crippen molar-refractivity contribution in [2.75, 3.05) is 13.2 Å². The van der Waals surface area contributed by atoms with E-state index in [2.05, 4.69) is 31.9 Å². The van der Waals surface area contributed by atoms with Crippen LogP contribution in [0.4, 0.5) is 0 Å². The Kier molecular flexibility index (Phi) is 15.7. The fraction of sp³-hybridized carbons (Fsp3) is 0.492. The molecule has 6 heteroatoms. The monoisotopic (exact) mass is 879 g/mol. The largest absolute Gasteiger partial charge is 0.465 e. The third-order valence-corrected chi connectivity index (χ3v) is 15.0. The average molecular weight is 879 g/mol. The Morgan fingerprint density at radius 2 is 0.846 bits per heavy atom. The average Bonchev–Trinajstić information content (AvgIpc) is 3.29. The Morgan fingerprint density at radius 3 is 1.25 bits per heavy atom. The molecule has 6 nitrogen and oxygen atoms in total. The summed E-state index contributed by atoms with van der Waals surface area (Å²) in [5.74, 6) is 8.22. The van der Waals surface area contributed by atoms with Crippen LogP contribution in [0.1, 0.15) is 120 Å². The van der Waals surface area contributed by atoms with E-state index in [0.717, 1.165) is 82.5 Å². The molecule has 8 saturated carbocycles. The number of hydrogen-bond acceptors (Lipinski definition) is 6. The van der Waals surface area contributed by atoms with Crippen LogP contribution in [0, 0.1) is 40.9 Å². The molecule has 0 heterocycles. The van der Waals surface area contributed by atoms with Crippen molar-refractivity contribution in [1.82, 2.24) is 0 Å². The summed E-state index contributed by atoms with van der Waals surface area (Å²) in [6, 6.07) is 34.2. The summed E-state index contributed by atoms with van der Waals surface area (Å²) < 4.78 is 35.9. The van der Waals surface area contributed by atoms with Crippen molar-refractivity contribution in [3.05, 3.63) is 145 Å². The predicted octanol–water partition coefficient (Wildman–Crippen LogP) is 14.6. The number of hydrogen-bond donors (Lipinski definition) is 0. The van der Waals surface area contributed by atoms with E-state index in [-0.39, 0.29) is 24.5 Å². The van der Waals surface area contributed by atoms with Crippen molar-refractivity contribution in [3.8, 4) is 17.2 Å². The summed E-state index contributed by atoms with van der Waals surface area (Å²) in [6.07, 6.45) is 22.5. The summed E-state index contributed by atoms with van der Waals surface area (Å²) >= 11 is 0. The molecule has 0 spiro atoms. The van der Waals surface area contributed by atoms with Crippen molar-refractivity contribution >= 4 is 18.2 Å². The molecule has 8 fully saturated rings. The van der Waals surface area contributed by atoms with E-state index in [1.165, 1.54) is 82.6 Å². The minimum atomic E-state index is -0.256. The molecule has 346 valence electrons. The van der Waals surface area contributed by atoms with Gasteiger partial charge in [0.1, 0.15) is 17.2 Å². The molecule has 0 aliphatic heterocycles. The van der Waals surface area contributed by atoms with Crippen LogP contribution in [0.5, 0.6) is 17.2 Å². The minimum absolute atomic E-state index is 0.106. The summed E-state index contributed by atoms with van der Waals surface area (Å²) in [7, 11) is 0. The lowest BCUT2D eigenvalue weighted by Gasteiger charge is -2.56. The zero-order valence-corrected chi connectivity index (χ0v) is 39.4. The summed E-state index contributed by atoms with van der Waals surface area (Å²) in [5.41, 5.74) is 5.14. The Hall–Kier alpha value is -4.62. The highest BCUT2D eigenvalue weighted by molar-refractivity contribution is 5.49. The second-order valence-electron chi connectivity index (χ2n) is 20.4. The SMILES string of the molecule is C=Cc1ccc(OC(C)OC23CC4CC(CC(C4)C2)C3)cc1.C=Cc1ccc(OC(C)OCC23CC4CC(CC(C4)C2)C3)cc1.C=Cc1ccc(OC(C)OCCc2ccccc2)cc1. The summed E-state index contributed by atoms with van der Waals surface area (Å²) in [5, 5.41) is 0. The summed E-state index contributed by atoms with van der Waals surface area (Å²) in [4.78, 5) is 0. The van der Waals surface area contributed by atoms with Gasteiger partial charge in [-0.25, -0.2) is 0 Å². The molecule has 12 rings (SSSR count). The minimum Gasteiger partial charge on any atom is -0.465 e. The van der Waals surface area contributed by atoms with E-state index in [0.29, 0.717) is 12.0 Å². The van der Waals surface area contributed by atoms with Gasteiger partial charge in [0, 0.05) is 0 Å². The zero-order chi connectivity index (χ0) is 45.2. The first-order valence-corrected chi connectivity index (χ1v) is 24.7. The van der Waals surface area contributed by atoms with Gasteiger partial charge in [0.15, 0.2) is 18.9 Å². The van der Waals surface area contributed by atoms with E-state index < -0.39 is 0 Å². The summed E-state index contributed by atoms with van der Waals surface area (Å²) in [6.45, 7) is 18.8. The highest BCUT2D eigenvalue weighted by Gasteiger charge is 2.53. The van der Waals surface area contributed by atoms with E-state index >= 15 is 0 Å². The molecule has 8 aliphatic carbocycles. The Labute approximate surface area is 390 Å². The maximum absolute atomic E-state index is 6.47. The zero-order valence-electron chi connectivity index (χ0n) is 39.4. The molecule has 8 aliphatic rings. The van der Waals surface area contributed by atoms with E-state index in [9.17, 15) is 0 Å². The quantitative estimate of drug-likeness (QED) is 0.0928. The second-order valence-corrected chi connectivity index (χ2v) is 20.4. The van der Waals surface area contributed by atoms with Crippen molar-refractivity contribution < 1.29 is 28.4 Å². The molecule has 4 aromatic carbocycles.